The minimum atomic E-state index is -0.194. The van der Waals surface area contributed by atoms with Crippen LogP contribution in [-0.2, 0) is 0 Å². The van der Waals surface area contributed by atoms with Gasteiger partial charge in [-0.05, 0) is 18.8 Å². The molecule has 0 bridgehead atoms. The van der Waals surface area contributed by atoms with E-state index in [1.165, 1.54) is 11.3 Å². The Kier molecular flexibility index (Phi) is 6.74. The van der Waals surface area contributed by atoms with Crippen molar-refractivity contribution in [3.8, 4) is 0 Å². The molecule has 0 radical (unpaired) electrons. The van der Waals surface area contributed by atoms with Gasteiger partial charge >= 0.3 is 0 Å². The molecule has 0 saturated carbocycles. The van der Waals surface area contributed by atoms with Crippen LogP contribution in [0.2, 0.25) is 0 Å². The zero-order valence-corrected chi connectivity index (χ0v) is 13.2. The van der Waals surface area contributed by atoms with E-state index in [0.29, 0.717) is 17.8 Å². The number of aliphatic hydroxyl groups excluding tert-OH is 1. The maximum Gasteiger partial charge on any atom is 0.265 e. The fraction of sp³-hybridized carbons (Fsp3) is 0.692. The standard InChI is InChI=1S/C13H24N4O2S/c1-4-6-17(3)13-16-11(14)10(20-13)12(19)15-8-9(2)5-7-18/h9,18H,4-8,14H2,1-3H3,(H,15,19). The number of anilines is 2. The monoisotopic (exact) mass is 300 g/mol. The number of rotatable bonds is 8. The van der Waals surface area contributed by atoms with Crippen LogP contribution in [0.5, 0.6) is 0 Å². The number of thiazole rings is 1. The van der Waals surface area contributed by atoms with Crippen molar-refractivity contribution in [2.45, 2.75) is 26.7 Å². The van der Waals surface area contributed by atoms with Gasteiger partial charge in [-0.2, -0.15) is 0 Å². The summed E-state index contributed by atoms with van der Waals surface area (Å²) in [5, 5.41) is 12.4. The van der Waals surface area contributed by atoms with Crippen LogP contribution in [0.1, 0.15) is 36.4 Å². The molecule has 1 atom stereocenters. The second-order valence-corrected chi connectivity index (χ2v) is 5.94. The van der Waals surface area contributed by atoms with Crippen LogP contribution in [0, 0.1) is 5.92 Å². The van der Waals surface area contributed by atoms with E-state index >= 15 is 0 Å². The average molecular weight is 300 g/mol. The summed E-state index contributed by atoms with van der Waals surface area (Å²) in [5.41, 5.74) is 5.81. The van der Waals surface area contributed by atoms with Gasteiger partial charge in [0.1, 0.15) is 10.7 Å². The number of carbonyl (C=O) groups excluding carboxylic acids is 1. The number of nitrogen functional groups attached to an aromatic ring is 1. The van der Waals surface area contributed by atoms with E-state index in [4.69, 9.17) is 10.8 Å². The van der Waals surface area contributed by atoms with Crippen LogP contribution >= 0.6 is 11.3 Å². The molecule has 7 heteroatoms. The molecule has 1 rings (SSSR count). The average Bonchev–Trinajstić information content (AvgIpc) is 2.79. The third-order valence-electron chi connectivity index (χ3n) is 2.97. The van der Waals surface area contributed by atoms with Crippen LogP contribution in [0.15, 0.2) is 0 Å². The topological polar surface area (TPSA) is 91.5 Å². The number of carbonyl (C=O) groups is 1. The van der Waals surface area contributed by atoms with Crippen LogP contribution in [0.3, 0.4) is 0 Å². The van der Waals surface area contributed by atoms with Crippen LogP contribution in [0.4, 0.5) is 10.9 Å². The molecule has 1 heterocycles. The highest BCUT2D eigenvalue weighted by Gasteiger charge is 2.18. The Bertz CT molecular complexity index is 436. The molecule has 20 heavy (non-hydrogen) atoms. The van der Waals surface area contributed by atoms with Crippen molar-refractivity contribution >= 4 is 28.2 Å². The molecule has 0 aromatic carbocycles. The van der Waals surface area contributed by atoms with Gasteiger partial charge in [0.15, 0.2) is 5.13 Å². The minimum absolute atomic E-state index is 0.131. The Labute approximate surface area is 124 Å². The number of hydrogen-bond acceptors (Lipinski definition) is 6. The smallest absolute Gasteiger partial charge is 0.265 e. The molecule has 1 amide bonds. The molecule has 1 aromatic rings. The molecule has 0 fully saturated rings. The highest BCUT2D eigenvalue weighted by Crippen LogP contribution is 2.27. The largest absolute Gasteiger partial charge is 0.396 e. The first-order chi connectivity index (χ1) is 9.49. The van der Waals surface area contributed by atoms with Crippen molar-refractivity contribution in [2.24, 2.45) is 5.92 Å². The van der Waals surface area contributed by atoms with Gasteiger partial charge in [0.25, 0.3) is 5.91 Å². The van der Waals surface area contributed by atoms with Gasteiger partial charge in [-0.1, -0.05) is 25.2 Å². The van der Waals surface area contributed by atoms with Gasteiger partial charge in [0.05, 0.1) is 0 Å². The lowest BCUT2D eigenvalue weighted by atomic mass is 10.1. The van der Waals surface area contributed by atoms with Gasteiger partial charge in [0.2, 0.25) is 0 Å². The van der Waals surface area contributed by atoms with Gasteiger partial charge in [0, 0.05) is 26.7 Å². The Morgan fingerprint density at radius 3 is 2.90 bits per heavy atom. The molecular formula is C13H24N4O2S. The fourth-order valence-electron chi connectivity index (χ4n) is 1.75. The van der Waals surface area contributed by atoms with Crippen LogP contribution in [-0.4, -0.2) is 42.7 Å². The summed E-state index contributed by atoms with van der Waals surface area (Å²) in [4.78, 5) is 18.8. The Hall–Kier alpha value is -1.34. The van der Waals surface area contributed by atoms with Gasteiger partial charge in [-0.15, -0.1) is 0 Å². The van der Waals surface area contributed by atoms with E-state index in [9.17, 15) is 4.79 Å². The van der Waals surface area contributed by atoms with Gasteiger partial charge < -0.3 is 21.1 Å². The Morgan fingerprint density at radius 2 is 2.30 bits per heavy atom. The van der Waals surface area contributed by atoms with Crippen LogP contribution < -0.4 is 16.0 Å². The SMILES string of the molecule is CCCN(C)c1nc(N)c(C(=O)NCC(C)CCO)s1. The van der Waals surface area contributed by atoms with Crippen molar-refractivity contribution < 1.29 is 9.90 Å². The predicted octanol–water partition coefficient (Wildman–Crippen LogP) is 1.32. The maximum atomic E-state index is 12.1. The van der Waals surface area contributed by atoms with E-state index < -0.39 is 0 Å². The lowest BCUT2D eigenvalue weighted by molar-refractivity contribution is 0.0950. The Balaban J connectivity index is 2.64. The minimum Gasteiger partial charge on any atom is -0.396 e. The lowest BCUT2D eigenvalue weighted by Gasteiger charge is -2.13. The first kappa shape index (κ1) is 16.7. The number of amides is 1. The van der Waals surface area contributed by atoms with Crippen molar-refractivity contribution in [3.05, 3.63) is 4.88 Å². The first-order valence-electron chi connectivity index (χ1n) is 6.86. The van der Waals surface area contributed by atoms with Crippen molar-refractivity contribution in [1.82, 2.24) is 10.3 Å². The van der Waals surface area contributed by atoms with E-state index in [-0.39, 0.29) is 24.2 Å². The molecule has 6 nitrogen and oxygen atoms in total. The number of nitrogens with zero attached hydrogens (tertiary/aromatic N) is 2. The van der Waals surface area contributed by atoms with Gasteiger partial charge in [-0.3, -0.25) is 4.79 Å². The summed E-state index contributed by atoms with van der Waals surface area (Å²) in [6.07, 6.45) is 1.68. The van der Waals surface area contributed by atoms with Crippen molar-refractivity contribution in [1.29, 1.82) is 0 Å². The van der Waals surface area contributed by atoms with Crippen molar-refractivity contribution in [2.75, 3.05) is 37.4 Å². The molecule has 1 unspecified atom stereocenters. The predicted molar refractivity (Wildman–Crippen MR) is 83.3 cm³/mol. The number of nitrogens with one attached hydrogen (secondary N) is 1. The molecule has 0 aliphatic carbocycles. The fourth-order valence-corrected chi connectivity index (χ4v) is 2.64. The number of aromatic nitrogens is 1. The molecule has 0 saturated heterocycles. The molecule has 0 spiro atoms. The molecule has 114 valence electrons. The normalized spacial score (nSPS) is 12.2. The summed E-state index contributed by atoms with van der Waals surface area (Å²) in [6.45, 7) is 5.60. The lowest BCUT2D eigenvalue weighted by Crippen LogP contribution is -2.28. The highest BCUT2D eigenvalue weighted by atomic mass is 32.1. The third-order valence-corrected chi connectivity index (χ3v) is 4.15. The van der Waals surface area contributed by atoms with E-state index in [1.54, 1.807) is 0 Å². The summed E-state index contributed by atoms with van der Waals surface area (Å²) < 4.78 is 0. The van der Waals surface area contributed by atoms with E-state index in [1.807, 2.05) is 18.9 Å². The Morgan fingerprint density at radius 1 is 1.60 bits per heavy atom. The zero-order valence-electron chi connectivity index (χ0n) is 12.3. The van der Waals surface area contributed by atoms with Crippen molar-refractivity contribution in [3.63, 3.8) is 0 Å². The maximum absolute atomic E-state index is 12.1. The second kappa shape index (κ2) is 8.06. The number of nitrogens with two attached hydrogens (primary N) is 1. The van der Waals surface area contributed by atoms with E-state index in [0.717, 1.165) is 18.1 Å². The molecule has 1 aromatic heterocycles. The van der Waals surface area contributed by atoms with E-state index in [2.05, 4.69) is 17.2 Å². The number of hydrogen-bond donors (Lipinski definition) is 3. The molecule has 0 aliphatic heterocycles. The summed E-state index contributed by atoms with van der Waals surface area (Å²) in [7, 11) is 1.94. The summed E-state index contributed by atoms with van der Waals surface area (Å²) in [6, 6.07) is 0. The summed E-state index contributed by atoms with van der Waals surface area (Å²) >= 11 is 1.31. The molecular weight excluding hydrogens is 276 g/mol. The number of aliphatic hydroxyl groups is 1. The third kappa shape index (κ3) is 4.64. The summed E-state index contributed by atoms with van der Waals surface area (Å²) in [5.74, 6) is 0.321. The quantitative estimate of drug-likeness (QED) is 0.673. The molecule has 0 aliphatic rings. The highest BCUT2D eigenvalue weighted by molar-refractivity contribution is 7.18. The van der Waals surface area contributed by atoms with Gasteiger partial charge in [-0.25, -0.2) is 4.98 Å². The van der Waals surface area contributed by atoms with Crippen LogP contribution in [0.25, 0.3) is 0 Å². The molecule has 4 N–H and O–H groups in total. The first-order valence-corrected chi connectivity index (χ1v) is 7.67. The second-order valence-electron chi connectivity index (χ2n) is 4.96. The zero-order chi connectivity index (χ0) is 15.1.